The first kappa shape index (κ1) is 12.5. The van der Waals surface area contributed by atoms with E-state index in [1.54, 1.807) is 18.6 Å². The van der Waals surface area contributed by atoms with E-state index in [0.717, 1.165) is 30.8 Å². The second-order valence-electron chi connectivity index (χ2n) is 3.87. The molecular formula is C12H15N5S. The van der Waals surface area contributed by atoms with Crippen molar-refractivity contribution in [1.29, 1.82) is 0 Å². The third-order valence-electron chi connectivity index (χ3n) is 2.55. The lowest BCUT2D eigenvalue weighted by atomic mass is 10.2. The smallest absolute Gasteiger partial charge is 0.106 e. The second-order valence-corrected chi connectivity index (χ2v) is 4.31. The molecule has 0 saturated heterocycles. The van der Waals surface area contributed by atoms with Gasteiger partial charge in [-0.05, 0) is 12.5 Å². The molecule has 94 valence electrons. The Morgan fingerprint density at radius 1 is 1.39 bits per heavy atom. The van der Waals surface area contributed by atoms with E-state index < -0.39 is 0 Å². The first-order chi connectivity index (χ1) is 8.77. The van der Waals surface area contributed by atoms with Gasteiger partial charge in [0.1, 0.15) is 4.99 Å². The topological polar surface area (TPSA) is 68.8 Å². The van der Waals surface area contributed by atoms with Crippen LogP contribution in [0.25, 0.3) is 0 Å². The molecule has 0 amide bonds. The molecule has 0 aliphatic carbocycles. The van der Waals surface area contributed by atoms with Crippen LogP contribution in [-0.4, -0.2) is 26.1 Å². The molecule has 2 rings (SSSR count). The van der Waals surface area contributed by atoms with E-state index in [1.807, 2.05) is 23.2 Å². The summed E-state index contributed by atoms with van der Waals surface area (Å²) in [6, 6.07) is 1.82. The second kappa shape index (κ2) is 6.11. The first-order valence-corrected chi connectivity index (χ1v) is 6.11. The fraction of sp³-hybridized carbons (Fsp3) is 0.250. The van der Waals surface area contributed by atoms with Crippen molar-refractivity contribution in [2.75, 3.05) is 11.9 Å². The highest BCUT2D eigenvalue weighted by Crippen LogP contribution is 2.12. The van der Waals surface area contributed by atoms with Crippen LogP contribution >= 0.6 is 12.2 Å². The predicted octanol–water partition coefficient (Wildman–Crippen LogP) is 1.41. The summed E-state index contributed by atoms with van der Waals surface area (Å²) >= 11 is 4.99. The van der Waals surface area contributed by atoms with E-state index in [1.165, 1.54) is 0 Å². The molecule has 3 N–H and O–H groups in total. The Morgan fingerprint density at radius 3 is 3.00 bits per heavy atom. The van der Waals surface area contributed by atoms with Crippen molar-refractivity contribution >= 4 is 22.9 Å². The summed E-state index contributed by atoms with van der Waals surface area (Å²) in [4.78, 5) is 8.44. The number of thiocarbonyl (C=S) groups is 1. The Labute approximate surface area is 111 Å². The van der Waals surface area contributed by atoms with Gasteiger partial charge >= 0.3 is 0 Å². The molecule has 0 aliphatic heterocycles. The van der Waals surface area contributed by atoms with Crippen LogP contribution in [0.3, 0.4) is 0 Å². The Hall–Kier alpha value is -1.95. The lowest BCUT2D eigenvalue weighted by Gasteiger charge is -2.10. The van der Waals surface area contributed by atoms with E-state index in [2.05, 4.69) is 15.3 Å². The van der Waals surface area contributed by atoms with Gasteiger partial charge in [0.25, 0.3) is 0 Å². The van der Waals surface area contributed by atoms with Crippen molar-refractivity contribution in [3.8, 4) is 0 Å². The zero-order chi connectivity index (χ0) is 12.8. The number of rotatable bonds is 6. The molecule has 0 fully saturated rings. The Kier molecular flexibility index (Phi) is 4.25. The van der Waals surface area contributed by atoms with Gasteiger partial charge in [-0.15, -0.1) is 0 Å². The number of aryl methyl sites for hydroxylation is 1. The molecule has 6 heteroatoms. The lowest BCUT2D eigenvalue weighted by Crippen LogP contribution is -2.14. The van der Waals surface area contributed by atoms with E-state index in [0.29, 0.717) is 4.99 Å². The van der Waals surface area contributed by atoms with Crippen LogP contribution in [0.5, 0.6) is 0 Å². The molecule has 2 aromatic heterocycles. The van der Waals surface area contributed by atoms with Gasteiger partial charge in [-0.2, -0.15) is 0 Å². The Bertz CT molecular complexity index is 509. The number of hydrogen-bond acceptors (Lipinski definition) is 4. The van der Waals surface area contributed by atoms with Gasteiger partial charge in [0.2, 0.25) is 0 Å². The number of pyridine rings is 1. The van der Waals surface area contributed by atoms with E-state index in [9.17, 15) is 0 Å². The standard InChI is InChI=1S/C12H15N5S/c13-12(18)10-2-4-14-8-11(10)16-3-1-6-17-7-5-15-9-17/h2,4-5,7-9,16H,1,3,6H2,(H2,13,18). The number of nitrogens with zero attached hydrogens (tertiary/aromatic N) is 3. The maximum Gasteiger partial charge on any atom is 0.106 e. The molecule has 0 spiro atoms. The van der Waals surface area contributed by atoms with Crippen molar-refractivity contribution in [3.05, 3.63) is 42.7 Å². The van der Waals surface area contributed by atoms with Gasteiger partial charge in [0.05, 0.1) is 18.2 Å². The zero-order valence-corrected chi connectivity index (χ0v) is 10.7. The van der Waals surface area contributed by atoms with Crippen molar-refractivity contribution in [2.45, 2.75) is 13.0 Å². The van der Waals surface area contributed by atoms with Crippen LogP contribution < -0.4 is 11.1 Å². The molecule has 0 atom stereocenters. The molecule has 0 saturated carbocycles. The number of imidazole rings is 1. The average Bonchev–Trinajstić information content (AvgIpc) is 2.88. The van der Waals surface area contributed by atoms with Gasteiger partial charge in [-0.3, -0.25) is 4.98 Å². The number of nitrogens with one attached hydrogen (secondary N) is 1. The van der Waals surface area contributed by atoms with Crippen molar-refractivity contribution in [3.63, 3.8) is 0 Å². The summed E-state index contributed by atoms with van der Waals surface area (Å²) in [5.41, 5.74) is 7.37. The molecular weight excluding hydrogens is 246 g/mol. The average molecular weight is 261 g/mol. The van der Waals surface area contributed by atoms with Crippen LogP contribution in [0.1, 0.15) is 12.0 Å². The van der Waals surface area contributed by atoms with Crippen LogP contribution in [0.4, 0.5) is 5.69 Å². The summed E-state index contributed by atoms with van der Waals surface area (Å²) in [5, 5.41) is 3.29. The minimum Gasteiger partial charge on any atom is -0.389 e. The molecule has 2 heterocycles. The third kappa shape index (κ3) is 3.27. The van der Waals surface area contributed by atoms with Gasteiger partial charge < -0.3 is 15.6 Å². The van der Waals surface area contributed by atoms with Crippen molar-refractivity contribution in [1.82, 2.24) is 14.5 Å². The van der Waals surface area contributed by atoms with Crippen molar-refractivity contribution in [2.24, 2.45) is 5.73 Å². The minimum absolute atomic E-state index is 0.384. The molecule has 5 nitrogen and oxygen atoms in total. The monoisotopic (exact) mass is 261 g/mol. The summed E-state index contributed by atoms with van der Waals surface area (Å²) in [5.74, 6) is 0. The fourth-order valence-electron chi connectivity index (χ4n) is 1.65. The first-order valence-electron chi connectivity index (χ1n) is 5.71. The van der Waals surface area contributed by atoms with Gasteiger partial charge in [0.15, 0.2) is 0 Å². The minimum atomic E-state index is 0.384. The summed E-state index contributed by atoms with van der Waals surface area (Å²) in [6.07, 6.45) is 9.95. The number of anilines is 1. The van der Waals surface area contributed by atoms with Gasteiger partial charge in [0, 0.05) is 37.2 Å². The number of aromatic nitrogens is 3. The van der Waals surface area contributed by atoms with Crippen LogP contribution in [-0.2, 0) is 6.54 Å². The molecule has 0 aromatic carbocycles. The fourth-order valence-corrected chi connectivity index (χ4v) is 1.83. The molecule has 0 unspecified atom stereocenters. The van der Waals surface area contributed by atoms with E-state index in [4.69, 9.17) is 18.0 Å². The quantitative estimate of drug-likeness (QED) is 0.608. The third-order valence-corrected chi connectivity index (χ3v) is 2.77. The van der Waals surface area contributed by atoms with Gasteiger partial charge in [-0.1, -0.05) is 12.2 Å². The Balaban J connectivity index is 1.85. The number of nitrogens with two attached hydrogens (primary N) is 1. The van der Waals surface area contributed by atoms with Crippen LogP contribution in [0.15, 0.2) is 37.2 Å². The highest BCUT2D eigenvalue weighted by atomic mass is 32.1. The zero-order valence-electron chi connectivity index (χ0n) is 9.91. The number of hydrogen-bond donors (Lipinski definition) is 2. The van der Waals surface area contributed by atoms with Crippen molar-refractivity contribution < 1.29 is 0 Å². The SMILES string of the molecule is NC(=S)c1ccncc1NCCCn1ccnc1. The van der Waals surface area contributed by atoms with E-state index >= 15 is 0 Å². The molecule has 0 aliphatic rings. The molecule has 0 radical (unpaired) electrons. The maximum atomic E-state index is 5.65. The van der Waals surface area contributed by atoms with E-state index in [-0.39, 0.29) is 0 Å². The highest BCUT2D eigenvalue weighted by Gasteiger charge is 2.03. The van der Waals surface area contributed by atoms with Gasteiger partial charge in [-0.25, -0.2) is 4.98 Å². The maximum absolute atomic E-state index is 5.65. The summed E-state index contributed by atoms with van der Waals surface area (Å²) < 4.78 is 2.04. The van der Waals surface area contributed by atoms with Crippen LogP contribution in [0.2, 0.25) is 0 Å². The molecule has 2 aromatic rings. The van der Waals surface area contributed by atoms with Crippen LogP contribution in [0, 0.1) is 0 Å². The highest BCUT2D eigenvalue weighted by molar-refractivity contribution is 7.80. The summed E-state index contributed by atoms with van der Waals surface area (Å²) in [7, 11) is 0. The molecule has 0 bridgehead atoms. The lowest BCUT2D eigenvalue weighted by molar-refractivity contribution is 0.660. The normalized spacial score (nSPS) is 10.2. The predicted molar refractivity (Wildman–Crippen MR) is 75.5 cm³/mol. The Morgan fingerprint density at radius 2 is 2.28 bits per heavy atom. The largest absolute Gasteiger partial charge is 0.389 e. The molecule has 18 heavy (non-hydrogen) atoms. The summed E-state index contributed by atoms with van der Waals surface area (Å²) in [6.45, 7) is 1.76.